The van der Waals surface area contributed by atoms with Crippen molar-refractivity contribution >= 4 is 24.5 Å². The molecule has 3 atom stereocenters. The predicted molar refractivity (Wildman–Crippen MR) is 146 cm³/mol. The van der Waals surface area contributed by atoms with E-state index in [1.54, 1.807) is 47.4 Å². The molecule has 0 saturated carbocycles. The van der Waals surface area contributed by atoms with Crippen LogP contribution in [0.5, 0.6) is 5.75 Å². The zero-order valence-corrected chi connectivity index (χ0v) is 21.7. The van der Waals surface area contributed by atoms with Crippen LogP contribution in [-0.2, 0) is 9.36 Å². The van der Waals surface area contributed by atoms with Crippen LogP contribution in [-0.4, -0.2) is 25.9 Å². The number of phenols is 1. The predicted octanol–water partition coefficient (Wildman–Crippen LogP) is 5.22. The number of phenolic OH excluding ortho intramolecular Hbond substituents is 1. The number of aliphatic hydroxyl groups excluding tert-OH is 1. The van der Waals surface area contributed by atoms with E-state index in [9.17, 15) is 33.7 Å². The highest BCUT2D eigenvalue weighted by molar-refractivity contribution is 7.60. The van der Waals surface area contributed by atoms with Gasteiger partial charge < -0.3 is 24.9 Å². The molecule has 4 aromatic rings. The molecule has 0 spiro atoms. The van der Waals surface area contributed by atoms with Crippen molar-refractivity contribution in [2.24, 2.45) is 5.92 Å². The summed E-state index contributed by atoms with van der Waals surface area (Å²) in [6, 6.07) is 25.4. The quantitative estimate of drug-likeness (QED) is 0.178. The average molecular weight is 548 g/mol. The number of halogens is 1. The molecule has 7 nitrogen and oxygen atoms in total. The van der Waals surface area contributed by atoms with Gasteiger partial charge in [0.2, 0.25) is 5.91 Å². The van der Waals surface area contributed by atoms with Gasteiger partial charge in [-0.2, -0.15) is 0 Å². The van der Waals surface area contributed by atoms with Crippen LogP contribution in [0, 0.1) is 11.7 Å². The fourth-order valence-electron chi connectivity index (χ4n) is 5.24. The van der Waals surface area contributed by atoms with Crippen molar-refractivity contribution in [3.63, 3.8) is 0 Å². The Labute approximate surface area is 225 Å². The Morgan fingerprint density at radius 3 is 2.23 bits per heavy atom. The van der Waals surface area contributed by atoms with Crippen molar-refractivity contribution < 1.29 is 33.7 Å². The number of carbonyl (C=O) groups excluding carboxylic acids is 1. The highest BCUT2D eigenvalue weighted by Gasteiger charge is 2.48. The Kier molecular flexibility index (Phi) is 7.38. The summed E-state index contributed by atoms with van der Waals surface area (Å²) in [5, 5.41) is 21.4. The summed E-state index contributed by atoms with van der Waals surface area (Å²) in [5.74, 6) is -1.38. The Bertz CT molecular complexity index is 1560. The van der Waals surface area contributed by atoms with Gasteiger partial charge in [-0.05, 0) is 48.7 Å². The summed E-state index contributed by atoms with van der Waals surface area (Å²) in [4.78, 5) is 34.5. The number of β-lactam (4-membered cyclic amide) rings is 1. The molecule has 4 N–H and O–H groups in total. The average Bonchev–Trinajstić information content (AvgIpc) is 2.92. The van der Waals surface area contributed by atoms with Gasteiger partial charge in [0.05, 0.1) is 23.4 Å². The van der Waals surface area contributed by atoms with Gasteiger partial charge in [-0.3, -0.25) is 9.36 Å². The molecule has 0 unspecified atom stereocenters. The number of anilines is 1. The summed E-state index contributed by atoms with van der Waals surface area (Å²) in [6.07, 6.45) is -0.632. The number of nitrogens with zero attached hydrogens (tertiary/aromatic N) is 1. The number of hydrogen-bond donors (Lipinski definition) is 4. The minimum absolute atomic E-state index is 0.151. The molecule has 39 heavy (non-hydrogen) atoms. The summed E-state index contributed by atoms with van der Waals surface area (Å²) in [6.45, 7) is 0. The molecule has 1 saturated heterocycles. The second-order valence-electron chi connectivity index (χ2n) is 9.55. The number of benzene rings is 4. The smallest absolute Gasteiger partial charge is 0.356 e. The number of para-hydroxylation sites is 1. The fraction of sp³-hybridized carbons (Fsp3) is 0.167. The molecule has 1 fully saturated rings. The van der Waals surface area contributed by atoms with E-state index in [0.29, 0.717) is 11.3 Å². The Morgan fingerprint density at radius 1 is 0.872 bits per heavy atom. The molecular weight excluding hydrogens is 520 g/mol. The van der Waals surface area contributed by atoms with E-state index < -0.39 is 31.5 Å². The second kappa shape index (κ2) is 10.8. The van der Waals surface area contributed by atoms with Crippen LogP contribution in [0.2, 0.25) is 0 Å². The first-order chi connectivity index (χ1) is 18.7. The molecule has 9 heteroatoms. The molecule has 1 amide bonds. The number of aromatic hydroxyl groups is 1. The van der Waals surface area contributed by atoms with Crippen molar-refractivity contribution in [2.45, 2.75) is 25.0 Å². The maximum atomic E-state index is 14.2. The largest absolute Gasteiger partial charge is 0.507 e. The summed E-state index contributed by atoms with van der Waals surface area (Å²) < 4.78 is 26.2. The minimum Gasteiger partial charge on any atom is -0.507 e. The van der Waals surface area contributed by atoms with Gasteiger partial charge in [-0.1, -0.05) is 66.7 Å². The molecule has 200 valence electrons. The van der Waals surface area contributed by atoms with Crippen molar-refractivity contribution in [1.82, 2.24) is 0 Å². The fourth-order valence-corrected chi connectivity index (χ4v) is 6.03. The minimum atomic E-state index is -4.60. The van der Waals surface area contributed by atoms with E-state index in [0.717, 1.165) is 0 Å². The van der Waals surface area contributed by atoms with E-state index in [4.69, 9.17) is 0 Å². The van der Waals surface area contributed by atoms with Gasteiger partial charge in [0.1, 0.15) is 11.6 Å². The summed E-state index contributed by atoms with van der Waals surface area (Å²) >= 11 is 0. The van der Waals surface area contributed by atoms with Crippen LogP contribution >= 0.6 is 7.60 Å². The Morgan fingerprint density at radius 2 is 1.54 bits per heavy atom. The molecule has 1 heterocycles. The lowest BCUT2D eigenvalue weighted by atomic mass is 9.78. The zero-order chi connectivity index (χ0) is 27.7. The van der Waals surface area contributed by atoms with Gasteiger partial charge in [0.25, 0.3) is 0 Å². The highest BCUT2D eigenvalue weighted by Crippen LogP contribution is 2.48. The van der Waals surface area contributed by atoms with Gasteiger partial charge in [-0.25, -0.2) is 4.39 Å². The Hall–Kier alpha value is -3.81. The topological polar surface area (TPSA) is 118 Å². The third-order valence-corrected chi connectivity index (χ3v) is 8.15. The molecule has 0 aliphatic carbocycles. The molecular formula is C30H27FNO6P. The van der Waals surface area contributed by atoms with Crippen LogP contribution < -0.4 is 10.2 Å². The van der Waals surface area contributed by atoms with Gasteiger partial charge in [0, 0.05) is 22.4 Å². The molecule has 1 aliphatic heterocycles. The van der Waals surface area contributed by atoms with E-state index in [1.165, 1.54) is 36.4 Å². The summed E-state index contributed by atoms with van der Waals surface area (Å²) in [7, 11) is -4.60. The van der Waals surface area contributed by atoms with Crippen molar-refractivity contribution in [3.8, 4) is 16.9 Å². The number of aliphatic hydroxyl groups is 1. The number of carbonyl (C=O) groups is 1. The first-order valence-corrected chi connectivity index (χ1v) is 14.1. The van der Waals surface area contributed by atoms with E-state index in [1.807, 2.05) is 18.2 Å². The maximum Gasteiger partial charge on any atom is 0.356 e. The first-order valence-electron chi connectivity index (χ1n) is 12.5. The maximum absolute atomic E-state index is 14.2. The first kappa shape index (κ1) is 26.8. The summed E-state index contributed by atoms with van der Waals surface area (Å²) in [5.41, 5.74) is 1.93. The second-order valence-corrected chi connectivity index (χ2v) is 11.1. The molecule has 4 aromatic carbocycles. The van der Waals surface area contributed by atoms with E-state index in [2.05, 4.69) is 0 Å². The number of rotatable bonds is 8. The molecule has 5 rings (SSSR count). The van der Waals surface area contributed by atoms with Crippen molar-refractivity contribution in [1.29, 1.82) is 0 Å². The monoisotopic (exact) mass is 547 g/mol. The van der Waals surface area contributed by atoms with Crippen molar-refractivity contribution in [2.75, 3.05) is 4.90 Å². The van der Waals surface area contributed by atoms with E-state index in [-0.39, 0.29) is 46.5 Å². The lowest BCUT2D eigenvalue weighted by molar-refractivity contribution is -0.131. The number of hydrogen-bond acceptors (Lipinski definition) is 4. The third-order valence-electron chi connectivity index (χ3n) is 7.13. The van der Waals surface area contributed by atoms with Gasteiger partial charge >= 0.3 is 7.60 Å². The number of amides is 1. The normalized spacial score (nSPS) is 18.1. The third kappa shape index (κ3) is 5.24. The lowest BCUT2D eigenvalue weighted by Gasteiger charge is -2.48. The lowest BCUT2D eigenvalue weighted by Crippen LogP contribution is -2.55. The van der Waals surface area contributed by atoms with Crippen LogP contribution in [0.25, 0.3) is 11.1 Å². The van der Waals surface area contributed by atoms with Crippen LogP contribution in [0.1, 0.15) is 36.1 Å². The van der Waals surface area contributed by atoms with E-state index >= 15 is 0 Å². The van der Waals surface area contributed by atoms with Crippen LogP contribution in [0.4, 0.5) is 10.1 Å². The van der Waals surface area contributed by atoms with Crippen LogP contribution in [0.3, 0.4) is 0 Å². The highest BCUT2D eigenvalue weighted by atomic mass is 31.2. The molecule has 0 bridgehead atoms. The molecule has 1 aliphatic rings. The van der Waals surface area contributed by atoms with Crippen LogP contribution in [0.15, 0.2) is 97.1 Å². The van der Waals surface area contributed by atoms with Gasteiger partial charge in [-0.15, -0.1) is 0 Å². The zero-order valence-electron chi connectivity index (χ0n) is 20.8. The molecule has 0 aromatic heterocycles. The van der Waals surface area contributed by atoms with Crippen molar-refractivity contribution in [3.05, 3.63) is 114 Å². The standard InChI is InChI=1S/C30H27FNO6P/c31-25-12-6-4-11-23(25)26(33)17-16-24-29(32(30(24)35)20-8-2-1-3-9-20)19-14-15-21(27(34)18-19)22-10-5-7-13-28(22)39(36,37)38/h1-15,18,24,26,29,33-34H,16-17H2,(H2,36,37,38)/t24-,26+,29-/m1/s1. The Balaban J connectivity index is 1.47. The van der Waals surface area contributed by atoms with Gasteiger partial charge in [0.15, 0.2) is 0 Å². The molecule has 0 radical (unpaired) electrons. The SMILES string of the molecule is O=C1[C@H](CC[C@H](O)c2ccccc2F)[C@@H](c2ccc(-c3ccccc3P(=O)(O)O)c(O)c2)N1c1ccccc1.